The molecule has 0 bridgehead atoms. The molecule has 0 rings (SSSR count). The van der Waals surface area contributed by atoms with Gasteiger partial charge in [-0.3, -0.25) is 0 Å². The summed E-state index contributed by atoms with van der Waals surface area (Å²) in [6.45, 7) is 12.5. The highest BCUT2D eigenvalue weighted by atomic mass is 16.7. The molecule has 18 heavy (non-hydrogen) atoms. The summed E-state index contributed by atoms with van der Waals surface area (Å²) >= 11 is 0. The first-order valence-electron chi connectivity index (χ1n) is 6.83. The molecule has 0 radical (unpaired) electrons. The number of methoxy groups -OCH3 is 2. The highest BCUT2D eigenvalue weighted by molar-refractivity contribution is 4.89. The van der Waals surface area contributed by atoms with Crippen molar-refractivity contribution in [2.75, 3.05) is 27.3 Å². The fourth-order valence-electron chi connectivity index (χ4n) is 2.46. The molecule has 0 aliphatic heterocycles. The highest BCUT2D eigenvalue weighted by Crippen LogP contribution is 2.21. The predicted molar refractivity (Wildman–Crippen MR) is 76.4 cm³/mol. The van der Waals surface area contributed by atoms with E-state index in [0.717, 1.165) is 6.54 Å². The maximum absolute atomic E-state index is 5.88. The molecular weight excluding hydrogens is 228 g/mol. The zero-order valence-corrected chi connectivity index (χ0v) is 13.1. The molecule has 0 aromatic carbocycles. The number of nitrogens with two attached hydrogens (primary N) is 1. The van der Waals surface area contributed by atoms with Gasteiger partial charge >= 0.3 is 0 Å². The first-order chi connectivity index (χ1) is 8.32. The lowest BCUT2D eigenvalue weighted by Crippen LogP contribution is -2.59. The molecule has 0 amide bonds. The van der Waals surface area contributed by atoms with Gasteiger partial charge in [0.1, 0.15) is 0 Å². The lowest BCUT2D eigenvalue weighted by molar-refractivity contribution is -0.150. The van der Waals surface area contributed by atoms with E-state index in [0.29, 0.717) is 24.3 Å². The third-order valence-corrected chi connectivity index (χ3v) is 3.83. The minimum atomic E-state index is -0.356. The van der Waals surface area contributed by atoms with Crippen molar-refractivity contribution in [3.05, 3.63) is 0 Å². The molecule has 0 spiro atoms. The van der Waals surface area contributed by atoms with E-state index >= 15 is 0 Å². The molecule has 110 valence electrons. The molecule has 0 heterocycles. The van der Waals surface area contributed by atoms with Crippen LogP contribution in [0.1, 0.15) is 34.6 Å². The predicted octanol–water partition coefficient (Wildman–Crippen LogP) is 1.84. The molecule has 0 aromatic rings. The van der Waals surface area contributed by atoms with E-state index in [2.05, 4.69) is 33.0 Å². The zero-order chi connectivity index (χ0) is 14.3. The van der Waals surface area contributed by atoms with Gasteiger partial charge in [-0.1, -0.05) is 27.7 Å². The Morgan fingerprint density at radius 1 is 1.06 bits per heavy atom. The number of ether oxygens (including phenoxy) is 2. The van der Waals surface area contributed by atoms with Crippen LogP contribution in [0.3, 0.4) is 0 Å². The molecular formula is C14H32N2O2. The minimum absolute atomic E-state index is 0.331. The van der Waals surface area contributed by atoms with Gasteiger partial charge in [0.2, 0.25) is 0 Å². The summed E-state index contributed by atoms with van der Waals surface area (Å²) in [5, 5.41) is 3.54. The molecule has 0 aliphatic rings. The fraction of sp³-hybridized carbons (Fsp3) is 1.00. The number of hydrogen-bond acceptors (Lipinski definition) is 4. The van der Waals surface area contributed by atoms with Crippen LogP contribution in [-0.2, 0) is 9.47 Å². The van der Waals surface area contributed by atoms with Crippen molar-refractivity contribution in [2.45, 2.75) is 46.4 Å². The summed E-state index contributed by atoms with van der Waals surface area (Å²) in [4.78, 5) is 0. The normalized spacial score (nSPS) is 16.0. The van der Waals surface area contributed by atoms with Crippen LogP contribution in [0.5, 0.6) is 0 Å². The van der Waals surface area contributed by atoms with Crippen LogP contribution in [0, 0.1) is 17.8 Å². The maximum Gasteiger partial charge on any atom is 0.175 e. The van der Waals surface area contributed by atoms with Crippen LogP contribution in [0.25, 0.3) is 0 Å². The lowest BCUT2D eigenvalue weighted by Gasteiger charge is -2.38. The van der Waals surface area contributed by atoms with Crippen LogP contribution in [-0.4, -0.2) is 39.1 Å². The maximum atomic E-state index is 5.88. The summed E-state index contributed by atoms with van der Waals surface area (Å²) in [6, 6.07) is 0. The Morgan fingerprint density at radius 2 is 1.50 bits per heavy atom. The van der Waals surface area contributed by atoms with Crippen molar-refractivity contribution in [3.8, 4) is 0 Å². The van der Waals surface area contributed by atoms with Gasteiger partial charge in [0.25, 0.3) is 0 Å². The van der Waals surface area contributed by atoms with Crippen molar-refractivity contribution >= 4 is 0 Å². The van der Waals surface area contributed by atoms with E-state index in [1.54, 1.807) is 14.2 Å². The standard InChI is InChI=1S/C14H32N2O2/c1-10(2)12(11(3)4)8-16-14(5,9-15)13(17-6)18-7/h10-13,16H,8-9,15H2,1-7H3. The van der Waals surface area contributed by atoms with Gasteiger partial charge in [0.05, 0.1) is 5.54 Å². The average molecular weight is 260 g/mol. The van der Waals surface area contributed by atoms with Crippen LogP contribution >= 0.6 is 0 Å². The summed E-state index contributed by atoms with van der Waals surface area (Å²) in [5.41, 5.74) is 5.52. The zero-order valence-electron chi connectivity index (χ0n) is 13.1. The van der Waals surface area contributed by atoms with Gasteiger partial charge in [-0.15, -0.1) is 0 Å². The molecule has 1 unspecified atom stereocenters. The van der Waals surface area contributed by atoms with E-state index in [9.17, 15) is 0 Å². The Balaban J connectivity index is 4.62. The molecule has 0 saturated carbocycles. The van der Waals surface area contributed by atoms with E-state index in [-0.39, 0.29) is 11.8 Å². The molecule has 0 aliphatic carbocycles. The van der Waals surface area contributed by atoms with Crippen molar-refractivity contribution < 1.29 is 9.47 Å². The summed E-state index contributed by atoms with van der Waals surface area (Å²) in [5.74, 6) is 1.90. The van der Waals surface area contributed by atoms with Crippen molar-refractivity contribution in [1.29, 1.82) is 0 Å². The number of nitrogens with one attached hydrogen (secondary N) is 1. The Hall–Kier alpha value is -0.160. The smallest absolute Gasteiger partial charge is 0.175 e. The summed E-state index contributed by atoms with van der Waals surface area (Å²) in [7, 11) is 3.29. The second-order valence-corrected chi connectivity index (χ2v) is 5.96. The third-order valence-electron chi connectivity index (χ3n) is 3.83. The van der Waals surface area contributed by atoms with Gasteiger partial charge in [-0.2, -0.15) is 0 Å². The minimum Gasteiger partial charge on any atom is -0.354 e. The molecule has 4 nitrogen and oxygen atoms in total. The topological polar surface area (TPSA) is 56.5 Å². The quantitative estimate of drug-likeness (QED) is 0.621. The lowest BCUT2D eigenvalue weighted by atomic mass is 9.84. The summed E-state index contributed by atoms with van der Waals surface area (Å²) < 4.78 is 10.7. The van der Waals surface area contributed by atoms with Gasteiger partial charge in [-0.05, 0) is 31.2 Å². The molecule has 0 saturated heterocycles. The first-order valence-corrected chi connectivity index (χ1v) is 6.83. The molecule has 3 N–H and O–H groups in total. The SMILES string of the molecule is COC(OC)C(C)(CN)NCC(C(C)C)C(C)C. The van der Waals surface area contributed by atoms with Crippen LogP contribution in [0.15, 0.2) is 0 Å². The third kappa shape index (κ3) is 4.84. The van der Waals surface area contributed by atoms with E-state index < -0.39 is 0 Å². The van der Waals surface area contributed by atoms with Gasteiger partial charge < -0.3 is 20.5 Å². The second kappa shape index (κ2) is 8.10. The van der Waals surface area contributed by atoms with Crippen molar-refractivity contribution in [1.82, 2.24) is 5.32 Å². The Bertz CT molecular complexity index is 210. The van der Waals surface area contributed by atoms with E-state index in [1.165, 1.54) is 0 Å². The summed E-state index contributed by atoms with van der Waals surface area (Å²) in [6.07, 6.45) is -0.331. The number of rotatable bonds is 9. The van der Waals surface area contributed by atoms with Crippen LogP contribution < -0.4 is 11.1 Å². The Kier molecular flexibility index (Phi) is 8.03. The fourth-order valence-corrected chi connectivity index (χ4v) is 2.46. The Morgan fingerprint density at radius 3 is 1.78 bits per heavy atom. The van der Waals surface area contributed by atoms with E-state index in [1.807, 2.05) is 6.92 Å². The van der Waals surface area contributed by atoms with Gasteiger partial charge in [0.15, 0.2) is 6.29 Å². The molecule has 0 fully saturated rings. The van der Waals surface area contributed by atoms with Gasteiger partial charge in [-0.25, -0.2) is 0 Å². The first kappa shape index (κ1) is 17.8. The van der Waals surface area contributed by atoms with Crippen molar-refractivity contribution in [2.24, 2.45) is 23.5 Å². The van der Waals surface area contributed by atoms with Crippen LogP contribution in [0.4, 0.5) is 0 Å². The number of hydrogen-bond donors (Lipinski definition) is 2. The van der Waals surface area contributed by atoms with Crippen molar-refractivity contribution in [3.63, 3.8) is 0 Å². The Labute approximate surface area is 113 Å². The molecule has 1 atom stereocenters. The largest absolute Gasteiger partial charge is 0.354 e. The second-order valence-electron chi connectivity index (χ2n) is 5.96. The monoisotopic (exact) mass is 260 g/mol. The van der Waals surface area contributed by atoms with Crippen LogP contribution in [0.2, 0.25) is 0 Å². The highest BCUT2D eigenvalue weighted by Gasteiger charge is 2.34. The van der Waals surface area contributed by atoms with E-state index in [4.69, 9.17) is 15.2 Å². The average Bonchev–Trinajstić information content (AvgIpc) is 2.29. The molecule has 0 aromatic heterocycles. The molecule has 4 heteroatoms. The van der Waals surface area contributed by atoms with Gasteiger partial charge in [0, 0.05) is 20.8 Å².